The average Bonchev–Trinajstić information content (AvgIpc) is 2.59. The second-order valence-corrected chi connectivity index (χ2v) is 5.40. The Hall–Kier alpha value is -3.24. The first-order valence-electron chi connectivity index (χ1n) is 7.28. The summed E-state index contributed by atoms with van der Waals surface area (Å²) in [6.45, 7) is 0.513. The summed E-state index contributed by atoms with van der Waals surface area (Å²) in [5, 5.41) is 21.5. The number of anilines is 1. The Kier molecular flexibility index (Phi) is 5.47. The van der Waals surface area contributed by atoms with Gasteiger partial charge in [-0.2, -0.15) is 5.26 Å². The van der Waals surface area contributed by atoms with Gasteiger partial charge in [0.15, 0.2) is 12.2 Å². The smallest absolute Gasteiger partial charge is 0.343 e. The molecular formula is C18H15FN2O4. The van der Waals surface area contributed by atoms with Crippen LogP contribution in [0, 0.1) is 17.1 Å². The molecule has 0 aliphatic rings. The maximum Gasteiger partial charge on any atom is 0.343 e. The van der Waals surface area contributed by atoms with Crippen LogP contribution in [-0.4, -0.2) is 23.6 Å². The van der Waals surface area contributed by atoms with Crippen LogP contribution in [0.15, 0.2) is 48.5 Å². The Labute approximate surface area is 143 Å². The van der Waals surface area contributed by atoms with E-state index in [9.17, 15) is 19.1 Å². The highest BCUT2D eigenvalue weighted by Crippen LogP contribution is 2.23. The van der Waals surface area contributed by atoms with E-state index in [0.717, 1.165) is 13.0 Å². The predicted octanol–water partition coefficient (Wildman–Crippen LogP) is 2.09. The van der Waals surface area contributed by atoms with Crippen molar-refractivity contribution in [3.63, 3.8) is 0 Å². The van der Waals surface area contributed by atoms with E-state index in [1.807, 2.05) is 6.07 Å². The van der Waals surface area contributed by atoms with Crippen molar-refractivity contribution < 1.29 is 23.8 Å². The van der Waals surface area contributed by atoms with Gasteiger partial charge < -0.3 is 15.2 Å². The molecule has 1 amide bonds. The van der Waals surface area contributed by atoms with E-state index in [1.54, 1.807) is 18.2 Å². The third kappa shape index (κ3) is 4.62. The summed E-state index contributed by atoms with van der Waals surface area (Å²) in [6, 6.07) is 13.0. The number of esters is 1. The average molecular weight is 342 g/mol. The van der Waals surface area contributed by atoms with Crippen molar-refractivity contribution in [3.05, 3.63) is 65.5 Å². The Morgan fingerprint density at radius 2 is 2.00 bits per heavy atom. The largest absolute Gasteiger partial charge is 0.453 e. The first kappa shape index (κ1) is 18.1. The number of benzene rings is 2. The van der Waals surface area contributed by atoms with Crippen molar-refractivity contribution in [1.29, 1.82) is 5.26 Å². The maximum absolute atomic E-state index is 13.2. The minimum absolute atomic E-state index is 0.0135. The third-order valence-electron chi connectivity index (χ3n) is 3.39. The highest BCUT2D eigenvalue weighted by Gasteiger charge is 2.35. The quantitative estimate of drug-likeness (QED) is 0.811. The van der Waals surface area contributed by atoms with Crippen LogP contribution in [-0.2, 0) is 19.9 Å². The van der Waals surface area contributed by atoms with E-state index in [4.69, 9.17) is 10.00 Å². The van der Waals surface area contributed by atoms with Gasteiger partial charge in [0.05, 0.1) is 11.6 Å². The van der Waals surface area contributed by atoms with E-state index in [0.29, 0.717) is 11.3 Å². The van der Waals surface area contributed by atoms with Crippen LogP contribution >= 0.6 is 0 Å². The summed E-state index contributed by atoms with van der Waals surface area (Å²) < 4.78 is 18.0. The summed E-state index contributed by atoms with van der Waals surface area (Å²) in [5.41, 5.74) is -1.34. The number of halogens is 1. The zero-order chi connectivity index (χ0) is 18.4. The van der Waals surface area contributed by atoms with Gasteiger partial charge in [-0.25, -0.2) is 9.18 Å². The molecule has 2 aromatic rings. The van der Waals surface area contributed by atoms with Gasteiger partial charge in [-0.15, -0.1) is 0 Å². The van der Waals surface area contributed by atoms with E-state index in [-0.39, 0.29) is 5.56 Å². The maximum atomic E-state index is 13.2. The predicted molar refractivity (Wildman–Crippen MR) is 86.7 cm³/mol. The molecule has 0 aromatic heterocycles. The summed E-state index contributed by atoms with van der Waals surface area (Å²) in [4.78, 5) is 23.8. The van der Waals surface area contributed by atoms with Crippen LogP contribution in [0.1, 0.15) is 18.1 Å². The van der Waals surface area contributed by atoms with Crippen LogP contribution < -0.4 is 5.32 Å². The molecule has 1 unspecified atom stereocenters. The standard InChI is InChI=1S/C18H15FN2O4/c1-18(24,13-5-3-6-14(19)9-13)17(23)25-11-16(22)21-15-7-2-4-12(8-15)10-20/h2-9,24H,11H2,1H3,(H,21,22). The molecule has 0 radical (unpaired) electrons. The first-order chi connectivity index (χ1) is 11.8. The second-order valence-electron chi connectivity index (χ2n) is 5.40. The molecule has 0 aliphatic heterocycles. The van der Waals surface area contributed by atoms with Crippen molar-refractivity contribution in [2.45, 2.75) is 12.5 Å². The van der Waals surface area contributed by atoms with Gasteiger partial charge in [0, 0.05) is 5.69 Å². The molecule has 2 aromatic carbocycles. The molecule has 2 N–H and O–H groups in total. The van der Waals surface area contributed by atoms with Crippen LogP contribution in [0.4, 0.5) is 10.1 Å². The lowest BCUT2D eigenvalue weighted by atomic mass is 9.96. The number of rotatable bonds is 5. The summed E-state index contributed by atoms with van der Waals surface area (Å²) in [5.74, 6) is -2.33. The molecule has 25 heavy (non-hydrogen) atoms. The van der Waals surface area contributed by atoms with Gasteiger partial charge in [-0.1, -0.05) is 18.2 Å². The molecule has 0 spiro atoms. The summed E-state index contributed by atoms with van der Waals surface area (Å²) in [7, 11) is 0. The molecule has 0 aliphatic carbocycles. The number of carbonyl (C=O) groups excluding carboxylic acids is 2. The number of hydrogen-bond acceptors (Lipinski definition) is 5. The number of nitriles is 1. The van der Waals surface area contributed by atoms with Gasteiger partial charge >= 0.3 is 5.97 Å². The number of nitrogens with zero attached hydrogens (tertiary/aromatic N) is 1. The summed E-state index contributed by atoms with van der Waals surface area (Å²) in [6.07, 6.45) is 0. The lowest BCUT2D eigenvalue weighted by Crippen LogP contribution is -2.36. The van der Waals surface area contributed by atoms with E-state index >= 15 is 0 Å². The number of amides is 1. The Bertz CT molecular complexity index is 843. The van der Waals surface area contributed by atoms with Crippen molar-refractivity contribution in [3.8, 4) is 6.07 Å². The molecule has 1 atom stereocenters. The van der Waals surface area contributed by atoms with Gasteiger partial charge in [0.2, 0.25) is 0 Å². The SMILES string of the molecule is CC(O)(C(=O)OCC(=O)Nc1cccc(C#N)c1)c1cccc(F)c1. The lowest BCUT2D eigenvalue weighted by molar-refractivity contribution is -0.166. The molecular weight excluding hydrogens is 327 g/mol. The minimum atomic E-state index is -2.09. The molecule has 2 rings (SSSR count). The number of hydrogen-bond donors (Lipinski definition) is 2. The highest BCUT2D eigenvalue weighted by molar-refractivity contribution is 5.93. The Morgan fingerprint density at radius 3 is 2.68 bits per heavy atom. The van der Waals surface area contributed by atoms with Gasteiger partial charge in [0.1, 0.15) is 5.82 Å². The first-order valence-corrected chi connectivity index (χ1v) is 7.28. The van der Waals surface area contributed by atoms with Gasteiger partial charge in [0.25, 0.3) is 5.91 Å². The molecule has 0 bridgehead atoms. The van der Waals surface area contributed by atoms with Crippen LogP contribution in [0.25, 0.3) is 0 Å². The molecule has 7 heteroatoms. The normalized spacial score (nSPS) is 12.6. The van der Waals surface area contributed by atoms with E-state index in [2.05, 4.69) is 5.32 Å². The van der Waals surface area contributed by atoms with Crippen LogP contribution in [0.2, 0.25) is 0 Å². The summed E-state index contributed by atoms with van der Waals surface area (Å²) >= 11 is 0. The lowest BCUT2D eigenvalue weighted by Gasteiger charge is -2.21. The molecule has 0 fully saturated rings. The molecule has 6 nitrogen and oxygen atoms in total. The highest BCUT2D eigenvalue weighted by atomic mass is 19.1. The van der Waals surface area contributed by atoms with E-state index in [1.165, 1.54) is 24.3 Å². The number of ether oxygens (including phenoxy) is 1. The van der Waals surface area contributed by atoms with Crippen molar-refractivity contribution in [2.24, 2.45) is 0 Å². The molecule has 128 valence electrons. The fourth-order valence-electron chi connectivity index (χ4n) is 2.04. The van der Waals surface area contributed by atoms with Crippen LogP contribution in [0.3, 0.4) is 0 Å². The van der Waals surface area contributed by atoms with Gasteiger partial charge in [-0.3, -0.25) is 4.79 Å². The second kappa shape index (κ2) is 7.55. The Morgan fingerprint density at radius 1 is 1.28 bits per heavy atom. The number of nitrogens with one attached hydrogen (secondary N) is 1. The zero-order valence-corrected chi connectivity index (χ0v) is 13.3. The number of carbonyl (C=O) groups is 2. The third-order valence-corrected chi connectivity index (χ3v) is 3.39. The molecule has 0 saturated carbocycles. The molecule has 0 heterocycles. The van der Waals surface area contributed by atoms with E-state index < -0.39 is 29.9 Å². The van der Waals surface area contributed by atoms with Crippen LogP contribution in [0.5, 0.6) is 0 Å². The Balaban J connectivity index is 1.96. The van der Waals surface area contributed by atoms with Gasteiger partial charge in [-0.05, 0) is 42.8 Å². The zero-order valence-electron chi connectivity index (χ0n) is 13.3. The van der Waals surface area contributed by atoms with Crippen molar-refractivity contribution in [1.82, 2.24) is 0 Å². The number of aliphatic hydroxyl groups is 1. The van der Waals surface area contributed by atoms with Crippen molar-refractivity contribution >= 4 is 17.6 Å². The monoisotopic (exact) mass is 342 g/mol. The topological polar surface area (TPSA) is 99.4 Å². The fourth-order valence-corrected chi connectivity index (χ4v) is 2.04. The fraction of sp³-hybridized carbons (Fsp3) is 0.167. The minimum Gasteiger partial charge on any atom is -0.453 e. The van der Waals surface area contributed by atoms with Crippen molar-refractivity contribution in [2.75, 3.05) is 11.9 Å². The molecule has 0 saturated heterocycles.